The highest BCUT2D eigenvalue weighted by atomic mass is 16.4. The number of hydrogen-bond donors (Lipinski definition) is 2. The summed E-state index contributed by atoms with van der Waals surface area (Å²) in [5.41, 5.74) is -0.644. The molecule has 0 atom stereocenters. The first-order valence-electron chi connectivity index (χ1n) is 4.33. The van der Waals surface area contributed by atoms with Gasteiger partial charge in [-0.25, -0.2) is 9.78 Å². The lowest BCUT2D eigenvalue weighted by Gasteiger charge is -2.21. The molecule has 1 rings (SSSR count). The van der Waals surface area contributed by atoms with Gasteiger partial charge in [0.2, 0.25) is 0 Å². The largest absolute Gasteiger partial charge is 0.480 e. The minimum Gasteiger partial charge on any atom is -0.480 e. The SMILES string of the molecule is CC(C)(Nc1ccc(C#N)cn1)C(=O)O. The van der Waals surface area contributed by atoms with Crippen molar-refractivity contribution in [1.82, 2.24) is 4.98 Å². The Morgan fingerprint density at radius 1 is 1.60 bits per heavy atom. The molecule has 0 aliphatic heterocycles. The fourth-order valence-electron chi connectivity index (χ4n) is 0.908. The number of carboxylic acids is 1. The third-order valence-electron chi connectivity index (χ3n) is 1.87. The predicted molar refractivity (Wildman–Crippen MR) is 54.3 cm³/mol. The van der Waals surface area contributed by atoms with Gasteiger partial charge in [-0.3, -0.25) is 0 Å². The van der Waals surface area contributed by atoms with Crippen LogP contribution in [-0.4, -0.2) is 21.6 Å². The number of rotatable bonds is 3. The molecule has 0 fully saturated rings. The summed E-state index contributed by atoms with van der Waals surface area (Å²) in [7, 11) is 0. The Morgan fingerprint density at radius 3 is 2.67 bits per heavy atom. The minimum absolute atomic E-state index is 0.432. The first-order chi connectivity index (χ1) is 6.95. The number of carboxylic acid groups (broad SMARTS) is 1. The van der Waals surface area contributed by atoms with Gasteiger partial charge in [-0.05, 0) is 26.0 Å². The van der Waals surface area contributed by atoms with Crippen LogP contribution in [0.2, 0.25) is 0 Å². The van der Waals surface area contributed by atoms with E-state index in [2.05, 4.69) is 10.3 Å². The number of nitrogens with zero attached hydrogens (tertiary/aromatic N) is 2. The first-order valence-corrected chi connectivity index (χ1v) is 4.33. The van der Waals surface area contributed by atoms with Gasteiger partial charge in [0.25, 0.3) is 0 Å². The van der Waals surface area contributed by atoms with Gasteiger partial charge in [-0.1, -0.05) is 0 Å². The molecule has 0 spiro atoms. The number of carbonyl (C=O) groups is 1. The third kappa shape index (κ3) is 2.68. The average molecular weight is 205 g/mol. The number of nitrogens with one attached hydrogen (secondary N) is 1. The highest BCUT2D eigenvalue weighted by Crippen LogP contribution is 2.12. The summed E-state index contributed by atoms with van der Waals surface area (Å²) in [6, 6.07) is 5.08. The minimum atomic E-state index is -1.08. The van der Waals surface area contributed by atoms with Crippen LogP contribution in [0.4, 0.5) is 5.82 Å². The molecule has 0 saturated carbocycles. The van der Waals surface area contributed by atoms with Gasteiger partial charge in [0.05, 0.1) is 5.56 Å². The first kappa shape index (κ1) is 11.0. The van der Waals surface area contributed by atoms with E-state index in [-0.39, 0.29) is 0 Å². The second kappa shape index (κ2) is 3.96. The number of anilines is 1. The second-order valence-electron chi connectivity index (χ2n) is 3.60. The Morgan fingerprint density at radius 2 is 2.27 bits per heavy atom. The summed E-state index contributed by atoms with van der Waals surface area (Å²) in [5, 5.41) is 20.2. The molecule has 1 heterocycles. The van der Waals surface area contributed by atoms with Crippen LogP contribution in [0.3, 0.4) is 0 Å². The molecule has 0 amide bonds. The maximum Gasteiger partial charge on any atom is 0.328 e. The molecule has 0 bridgehead atoms. The standard InChI is InChI=1S/C10H11N3O2/c1-10(2,9(14)15)13-8-4-3-7(5-11)6-12-8/h3-4,6H,1-2H3,(H,12,13)(H,14,15). The van der Waals surface area contributed by atoms with E-state index >= 15 is 0 Å². The van der Waals surface area contributed by atoms with E-state index in [0.29, 0.717) is 11.4 Å². The lowest BCUT2D eigenvalue weighted by Crippen LogP contribution is -2.40. The van der Waals surface area contributed by atoms with E-state index in [4.69, 9.17) is 10.4 Å². The molecule has 1 aromatic heterocycles. The Kier molecular flexibility index (Phi) is 2.90. The fourth-order valence-corrected chi connectivity index (χ4v) is 0.908. The van der Waals surface area contributed by atoms with Crippen LogP contribution >= 0.6 is 0 Å². The summed E-state index contributed by atoms with van der Waals surface area (Å²) in [5.74, 6) is -0.532. The van der Waals surface area contributed by atoms with Crippen molar-refractivity contribution in [3.8, 4) is 6.07 Å². The van der Waals surface area contributed by atoms with E-state index < -0.39 is 11.5 Å². The summed E-state index contributed by atoms with van der Waals surface area (Å²) in [6.45, 7) is 3.07. The number of aliphatic carboxylic acids is 1. The summed E-state index contributed by atoms with van der Waals surface area (Å²) in [6.07, 6.45) is 1.39. The molecule has 0 unspecified atom stereocenters. The maximum atomic E-state index is 10.8. The molecular formula is C10H11N3O2. The lowest BCUT2D eigenvalue weighted by atomic mass is 10.1. The van der Waals surface area contributed by atoms with E-state index in [1.807, 2.05) is 6.07 Å². The third-order valence-corrected chi connectivity index (χ3v) is 1.87. The molecule has 1 aromatic rings. The van der Waals surface area contributed by atoms with Gasteiger partial charge in [-0.15, -0.1) is 0 Å². The molecule has 0 aromatic carbocycles. The van der Waals surface area contributed by atoms with Crippen LogP contribution in [0.5, 0.6) is 0 Å². The molecule has 0 aliphatic rings. The Labute approximate surface area is 87.4 Å². The van der Waals surface area contributed by atoms with Gasteiger partial charge in [0.1, 0.15) is 17.4 Å². The number of pyridine rings is 1. The zero-order valence-corrected chi connectivity index (χ0v) is 8.48. The van der Waals surface area contributed by atoms with Crippen molar-refractivity contribution in [3.63, 3.8) is 0 Å². The smallest absolute Gasteiger partial charge is 0.328 e. The normalized spacial score (nSPS) is 10.5. The van der Waals surface area contributed by atoms with Crippen molar-refractivity contribution in [1.29, 1.82) is 5.26 Å². The van der Waals surface area contributed by atoms with Crippen molar-refractivity contribution in [2.24, 2.45) is 0 Å². The van der Waals surface area contributed by atoms with Crippen molar-refractivity contribution in [2.75, 3.05) is 5.32 Å². The van der Waals surface area contributed by atoms with E-state index in [9.17, 15) is 4.79 Å². The van der Waals surface area contributed by atoms with Crippen LogP contribution in [0.1, 0.15) is 19.4 Å². The molecule has 2 N–H and O–H groups in total. The maximum absolute atomic E-state index is 10.8. The Hall–Kier alpha value is -2.09. The zero-order valence-electron chi connectivity index (χ0n) is 8.48. The van der Waals surface area contributed by atoms with Crippen LogP contribution < -0.4 is 5.32 Å². The zero-order chi connectivity index (χ0) is 11.5. The fraction of sp³-hybridized carbons (Fsp3) is 0.300. The van der Waals surface area contributed by atoms with Gasteiger partial charge in [0, 0.05) is 6.20 Å². The van der Waals surface area contributed by atoms with Crippen molar-refractivity contribution >= 4 is 11.8 Å². The van der Waals surface area contributed by atoms with Crippen molar-refractivity contribution in [3.05, 3.63) is 23.9 Å². The number of aromatic nitrogens is 1. The molecule has 5 nitrogen and oxygen atoms in total. The predicted octanol–water partition coefficient (Wildman–Crippen LogP) is 1.23. The number of nitriles is 1. The topological polar surface area (TPSA) is 86.0 Å². The van der Waals surface area contributed by atoms with Crippen LogP contribution in [0.15, 0.2) is 18.3 Å². The van der Waals surface area contributed by atoms with E-state index in [1.165, 1.54) is 20.0 Å². The highest BCUT2D eigenvalue weighted by molar-refractivity contribution is 5.81. The quantitative estimate of drug-likeness (QED) is 0.775. The molecule has 0 radical (unpaired) electrons. The van der Waals surface area contributed by atoms with Crippen LogP contribution in [-0.2, 0) is 4.79 Å². The summed E-state index contributed by atoms with van der Waals surface area (Å²) >= 11 is 0. The van der Waals surface area contributed by atoms with Gasteiger partial charge in [0.15, 0.2) is 0 Å². The van der Waals surface area contributed by atoms with E-state index in [0.717, 1.165) is 0 Å². The molecule has 15 heavy (non-hydrogen) atoms. The summed E-state index contributed by atoms with van der Waals surface area (Å²) in [4.78, 5) is 14.7. The van der Waals surface area contributed by atoms with Crippen LogP contribution in [0.25, 0.3) is 0 Å². The molecular weight excluding hydrogens is 194 g/mol. The number of hydrogen-bond acceptors (Lipinski definition) is 4. The van der Waals surface area contributed by atoms with Gasteiger partial charge >= 0.3 is 5.97 Å². The molecule has 78 valence electrons. The average Bonchev–Trinajstić information content (AvgIpc) is 2.18. The van der Waals surface area contributed by atoms with E-state index in [1.54, 1.807) is 12.1 Å². The highest BCUT2D eigenvalue weighted by Gasteiger charge is 2.26. The lowest BCUT2D eigenvalue weighted by molar-refractivity contribution is -0.141. The molecule has 5 heteroatoms. The van der Waals surface area contributed by atoms with Gasteiger partial charge < -0.3 is 10.4 Å². The monoisotopic (exact) mass is 205 g/mol. The Balaban J connectivity index is 2.83. The van der Waals surface area contributed by atoms with Crippen molar-refractivity contribution < 1.29 is 9.90 Å². The molecule has 0 saturated heterocycles. The second-order valence-corrected chi connectivity index (χ2v) is 3.60. The van der Waals surface area contributed by atoms with Crippen molar-refractivity contribution in [2.45, 2.75) is 19.4 Å². The Bertz CT molecular complexity index is 404. The molecule has 0 aliphatic carbocycles. The summed E-state index contributed by atoms with van der Waals surface area (Å²) < 4.78 is 0. The van der Waals surface area contributed by atoms with Crippen LogP contribution in [0, 0.1) is 11.3 Å². The van der Waals surface area contributed by atoms with Gasteiger partial charge in [-0.2, -0.15) is 5.26 Å².